The molecule has 3 heteroatoms. The number of hydrogen-bond acceptors (Lipinski definition) is 2. The highest BCUT2D eigenvalue weighted by Gasteiger charge is 2.52. The fraction of sp³-hybridized carbons (Fsp3) is 0.538. The largest absolute Gasteiger partial charge is 0.496 e. The lowest BCUT2D eigenvalue weighted by Gasteiger charge is -2.33. The average molecular weight is 240 g/mol. The maximum absolute atomic E-state index is 6.33. The van der Waals surface area contributed by atoms with Gasteiger partial charge in [0.25, 0.3) is 0 Å². The Bertz CT molecular complexity index is 410. The van der Waals surface area contributed by atoms with Gasteiger partial charge in [0.2, 0.25) is 0 Å². The average Bonchev–Trinajstić information content (AvgIpc) is 2.98. The van der Waals surface area contributed by atoms with Crippen molar-refractivity contribution in [3.8, 4) is 5.75 Å². The molecule has 0 atom stereocenters. The highest BCUT2D eigenvalue weighted by molar-refractivity contribution is 6.30. The molecule has 0 bridgehead atoms. The van der Waals surface area contributed by atoms with Gasteiger partial charge in [-0.1, -0.05) is 25.4 Å². The molecule has 1 saturated carbocycles. The lowest BCUT2D eigenvalue weighted by molar-refractivity contribution is 0.353. The highest BCUT2D eigenvalue weighted by atomic mass is 35.5. The highest BCUT2D eigenvalue weighted by Crippen LogP contribution is 2.51. The second kappa shape index (κ2) is 3.64. The Hall–Kier alpha value is -0.730. The van der Waals surface area contributed by atoms with Gasteiger partial charge in [0.1, 0.15) is 5.75 Å². The van der Waals surface area contributed by atoms with Crippen molar-refractivity contribution in [1.82, 2.24) is 0 Å². The molecule has 2 N–H and O–H groups in total. The summed E-state index contributed by atoms with van der Waals surface area (Å²) in [5.74, 6) is 0.867. The summed E-state index contributed by atoms with van der Waals surface area (Å²) in [6.45, 7) is 4.32. The molecule has 1 aliphatic carbocycles. The molecule has 0 saturated heterocycles. The van der Waals surface area contributed by atoms with E-state index in [1.807, 2.05) is 18.2 Å². The minimum absolute atomic E-state index is 0.106. The molecule has 0 heterocycles. The van der Waals surface area contributed by atoms with Gasteiger partial charge in [0.05, 0.1) is 7.11 Å². The lowest BCUT2D eigenvalue weighted by atomic mass is 9.75. The number of methoxy groups -OCH3 is 1. The minimum atomic E-state index is -0.108. The number of rotatable bonds is 3. The van der Waals surface area contributed by atoms with Crippen molar-refractivity contribution in [2.24, 2.45) is 5.73 Å². The molecule has 1 aromatic carbocycles. The molecule has 1 fully saturated rings. The van der Waals surface area contributed by atoms with Crippen LogP contribution in [0.2, 0.25) is 5.02 Å². The molecule has 16 heavy (non-hydrogen) atoms. The SMILES string of the molecule is COc1ccc(Cl)cc1C(C)(C)C1(N)CC1. The van der Waals surface area contributed by atoms with Crippen LogP contribution in [0.5, 0.6) is 5.75 Å². The molecule has 2 nitrogen and oxygen atoms in total. The van der Waals surface area contributed by atoms with Gasteiger partial charge < -0.3 is 10.5 Å². The van der Waals surface area contributed by atoms with E-state index < -0.39 is 0 Å². The quantitative estimate of drug-likeness (QED) is 0.880. The summed E-state index contributed by atoms with van der Waals surface area (Å²) in [6, 6.07) is 5.72. The summed E-state index contributed by atoms with van der Waals surface area (Å²) in [4.78, 5) is 0. The molecule has 1 aliphatic rings. The van der Waals surface area contributed by atoms with E-state index in [2.05, 4.69) is 13.8 Å². The van der Waals surface area contributed by atoms with Gasteiger partial charge in [-0.2, -0.15) is 0 Å². The van der Waals surface area contributed by atoms with E-state index in [1.54, 1.807) is 7.11 Å². The van der Waals surface area contributed by atoms with E-state index in [0.29, 0.717) is 0 Å². The first kappa shape index (κ1) is 11.7. The second-order valence-electron chi connectivity index (χ2n) is 5.13. The van der Waals surface area contributed by atoms with E-state index in [0.717, 1.165) is 29.2 Å². The van der Waals surface area contributed by atoms with Crippen molar-refractivity contribution >= 4 is 11.6 Å². The zero-order valence-electron chi connectivity index (χ0n) is 10.0. The third kappa shape index (κ3) is 1.70. The molecule has 0 aromatic heterocycles. The van der Waals surface area contributed by atoms with Gasteiger partial charge in [-0.3, -0.25) is 0 Å². The topological polar surface area (TPSA) is 35.2 Å². The van der Waals surface area contributed by atoms with Gasteiger partial charge in [-0.25, -0.2) is 0 Å². The van der Waals surface area contributed by atoms with E-state index in [9.17, 15) is 0 Å². The van der Waals surface area contributed by atoms with Crippen LogP contribution in [0.15, 0.2) is 18.2 Å². The Morgan fingerprint density at radius 1 is 1.38 bits per heavy atom. The van der Waals surface area contributed by atoms with Crippen LogP contribution in [0.1, 0.15) is 32.3 Å². The Morgan fingerprint density at radius 3 is 2.50 bits per heavy atom. The van der Waals surface area contributed by atoms with Gasteiger partial charge in [-0.15, -0.1) is 0 Å². The fourth-order valence-corrected chi connectivity index (χ4v) is 2.37. The van der Waals surface area contributed by atoms with E-state index in [1.165, 1.54) is 0 Å². The number of halogens is 1. The fourth-order valence-electron chi connectivity index (χ4n) is 2.20. The normalized spacial score (nSPS) is 18.3. The van der Waals surface area contributed by atoms with Crippen LogP contribution in [-0.4, -0.2) is 12.6 Å². The van der Waals surface area contributed by atoms with Crippen LogP contribution < -0.4 is 10.5 Å². The van der Waals surface area contributed by atoms with Crippen LogP contribution in [0, 0.1) is 0 Å². The Kier molecular flexibility index (Phi) is 2.67. The van der Waals surface area contributed by atoms with E-state index in [-0.39, 0.29) is 11.0 Å². The van der Waals surface area contributed by atoms with Gasteiger partial charge in [0.15, 0.2) is 0 Å². The molecule has 0 radical (unpaired) electrons. The summed E-state index contributed by atoms with van der Waals surface area (Å²) in [6.07, 6.45) is 2.13. The van der Waals surface area contributed by atoms with Crippen molar-refractivity contribution in [3.63, 3.8) is 0 Å². The summed E-state index contributed by atoms with van der Waals surface area (Å²) >= 11 is 6.05. The number of ether oxygens (including phenoxy) is 1. The van der Waals surface area contributed by atoms with Crippen LogP contribution in [0.3, 0.4) is 0 Å². The predicted octanol–water partition coefficient (Wildman–Crippen LogP) is 3.12. The second-order valence-corrected chi connectivity index (χ2v) is 5.56. The first-order valence-electron chi connectivity index (χ1n) is 5.54. The third-order valence-corrected chi connectivity index (χ3v) is 4.10. The van der Waals surface area contributed by atoms with Gasteiger partial charge >= 0.3 is 0 Å². The van der Waals surface area contributed by atoms with Crippen molar-refractivity contribution < 1.29 is 4.74 Å². The molecule has 0 aliphatic heterocycles. The molecule has 0 unspecified atom stereocenters. The maximum Gasteiger partial charge on any atom is 0.122 e. The Morgan fingerprint density at radius 2 is 2.00 bits per heavy atom. The first-order valence-corrected chi connectivity index (χ1v) is 5.91. The zero-order valence-corrected chi connectivity index (χ0v) is 10.8. The van der Waals surface area contributed by atoms with Gasteiger partial charge in [-0.05, 0) is 31.0 Å². The molecule has 0 spiro atoms. The summed E-state index contributed by atoms with van der Waals surface area (Å²) in [5.41, 5.74) is 7.22. The van der Waals surface area contributed by atoms with Gasteiger partial charge in [0, 0.05) is 21.5 Å². The standard InChI is InChI=1S/C13H18ClNO/c1-12(2,13(15)6-7-13)10-8-9(14)4-5-11(10)16-3/h4-5,8H,6-7,15H2,1-3H3. The smallest absolute Gasteiger partial charge is 0.122 e. The van der Waals surface area contributed by atoms with Crippen molar-refractivity contribution in [1.29, 1.82) is 0 Å². The van der Waals surface area contributed by atoms with Crippen LogP contribution in [0.25, 0.3) is 0 Å². The van der Waals surface area contributed by atoms with Crippen molar-refractivity contribution in [2.75, 3.05) is 7.11 Å². The third-order valence-electron chi connectivity index (χ3n) is 3.87. The van der Waals surface area contributed by atoms with Crippen molar-refractivity contribution in [3.05, 3.63) is 28.8 Å². The number of nitrogens with two attached hydrogens (primary N) is 1. The summed E-state index contributed by atoms with van der Waals surface area (Å²) in [5, 5.41) is 0.730. The number of hydrogen-bond donors (Lipinski definition) is 1. The molecule has 2 rings (SSSR count). The van der Waals surface area contributed by atoms with Crippen LogP contribution in [0.4, 0.5) is 0 Å². The molecule has 1 aromatic rings. The zero-order chi connectivity index (χ0) is 12.0. The Balaban J connectivity index is 2.49. The van der Waals surface area contributed by atoms with Crippen molar-refractivity contribution in [2.45, 2.75) is 37.6 Å². The van der Waals surface area contributed by atoms with Crippen LogP contribution >= 0.6 is 11.6 Å². The van der Waals surface area contributed by atoms with E-state index in [4.69, 9.17) is 22.1 Å². The first-order chi connectivity index (χ1) is 7.40. The number of benzene rings is 1. The predicted molar refractivity (Wildman–Crippen MR) is 67.2 cm³/mol. The van der Waals surface area contributed by atoms with E-state index >= 15 is 0 Å². The van der Waals surface area contributed by atoms with Crippen LogP contribution in [-0.2, 0) is 5.41 Å². The monoisotopic (exact) mass is 239 g/mol. The summed E-state index contributed by atoms with van der Waals surface area (Å²) < 4.78 is 5.40. The molecular weight excluding hydrogens is 222 g/mol. The minimum Gasteiger partial charge on any atom is -0.496 e. The maximum atomic E-state index is 6.33. The molecule has 0 amide bonds. The molecular formula is C13H18ClNO. The summed E-state index contributed by atoms with van der Waals surface area (Å²) in [7, 11) is 1.68. The molecule has 88 valence electrons. The lowest BCUT2D eigenvalue weighted by Crippen LogP contribution is -2.43. The Labute approximate surface area is 102 Å².